The third kappa shape index (κ3) is 145. The number of rotatable bonds is 5. The van der Waals surface area contributed by atoms with Gasteiger partial charge in [-0.2, -0.15) is 16.0 Å². The molecule has 0 aromatic rings. The Kier molecular flexibility index (Phi) is 86.0. The monoisotopic (exact) mass is 366 g/mol. The first-order valence-corrected chi connectivity index (χ1v) is 7.42. The van der Waals surface area contributed by atoms with E-state index in [1.54, 1.807) is 7.11 Å². The Hall–Kier alpha value is -1.55. The predicted molar refractivity (Wildman–Crippen MR) is 95.4 cm³/mol. The van der Waals surface area contributed by atoms with Crippen LogP contribution < -0.4 is 18.9 Å². The van der Waals surface area contributed by atoms with Crippen molar-refractivity contribution < 1.29 is 52.6 Å². The molecule has 0 saturated carbocycles. The molecular weight excluding hydrogens is 335 g/mol. The minimum absolute atomic E-state index is 0. The zero-order chi connectivity index (χ0) is 20.8. The van der Waals surface area contributed by atoms with Gasteiger partial charge in [-0.3, -0.25) is 0 Å². The number of carboxylic acids is 1. The van der Waals surface area contributed by atoms with Crippen molar-refractivity contribution in [1.29, 1.82) is 0 Å². The van der Waals surface area contributed by atoms with Crippen molar-refractivity contribution in [3.8, 4) is 24.2 Å². The van der Waals surface area contributed by atoms with Crippen molar-refractivity contribution in [1.82, 2.24) is 0 Å². The molecule has 146 valence electrons. The number of carbonyl (C=O) groups is 1. The Bertz CT molecular complexity index is 358. The normalized spacial score (nSPS) is 6.50. The summed E-state index contributed by atoms with van der Waals surface area (Å²) in [6.07, 6.45) is 7.29. The first kappa shape index (κ1) is 39.5. The van der Waals surface area contributed by atoms with Crippen LogP contribution in [0.3, 0.4) is 0 Å². The molecule has 0 aliphatic rings. The molecule has 0 aliphatic heterocycles. The summed E-state index contributed by atoms with van der Waals surface area (Å²) >= 11 is 0. The summed E-state index contributed by atoms with van der Waals surface area (Å²) in [6, 6.07) is 0. The first-order valence-electron chi connectivity index (χ1n) is 7.42. The van der Waals surface area contributed by atoms with Crippen LogP contribution in [0.25, 0.3) is 0 Å². The van der Waals surface area contributed by atoms with E-state index in [1.165, 1.54) is 13.5 Å². The number of carbonyl (C=O) groups excluding carboxylic acids is 2. The molecule has 0 saturated heterocycles. The maximum absolute atomic E-state index is 9.64. The molecule has 0 atom stereocenters. The largest absolute Gasteiger partial charge is 1.00 e. The number of aliphatic carboxylic acids is 1. The number of hydrogen-bond acceptors (Lipinski definition) is 6. The Morgan fingerprint density at radius 1 is 1.08 bits per heavy atom. The minimum Gasteiger partial charge on any atom is -0.472 e. The van der Waals surface area contributed by atoms with E-state index in [-0.39, 0.29) is 31.6 Å². The maximum atomic E-state index is 9.64. The van der Waals surface area contributed by atoms with Gasteiger partial charge in [0, 0.05) is 33.4 Å². The molecule has 0 aliphatic carbocycles. The topological polar surface area (TPSA) is 99.1 Å². The molecule has 7 nitrogen and oxygen atoms in total. The molecule has 0 unspecified atom stereocenters. The fourth-order valence-corrected chi connectivity index (χ4v) is 0.471. The van der Waals surface area contributed by atoms with Gasteiger partial charge in [0.1, 0.15) is 13.2 Å². The van der Waals surface area contributed by atoms with Gasteiger partial charge in [-0.15, -0.1) is 6.42 Å². The second kappa shape index (κ2) is 56.6. The van der Waals surface area contributed by atoms with Gasteiger partial charge in [-0.1, -0.05) is 25.2 Å². The van der Waals surface area contributed by atoms with Crippen molar-refractivity contribution in [3.05, 3.63) is 6.92 Å². The third-order valence-electron chi connectivity index (χ3n) is 1.40. The molecule has 0 heterocycles. The van der Waals surface area contributed by atoms with Crippen LogP contribution in [0.2, 0.25) is 0 Å². The van der Waals surface area contributed by atoms with E-state index in [9.17, 15) is 4.79 Å². The van der Waals surface area contributed by atoms with E-state index in [0.717, 1.165) is 19.6 Å². The number of methoxy groups -OCH3 is 2. The quantitative estimate of drug-likeness (QED) is 0.381. The molecule has 0 radical (unpaired) electrons. The minimum atomic E-state index is -1.12. The average Bonchev–Trinajstić information content (AvgIpc) is 2.58. The van der Waals surface area contributed by atoms with Crippen molar-refractivity contribution in [3.63, 3.8) is 0 Å². The second-order valence-electron chi connectivity index (χ2n) is 3.40. The third-order valence-corrected chi connectivity index (χ3v) is 1.40. The molecule has 26 heavy (non-hydrogen) atoms. The molecule has 0 rings (SSSR count). The maximum Gasteiger partial charge on any atom is 1.00 e. The summed E-state index contributed by atoms with van der Waals surface area (Å²) in [5.41, 5.74) is 0. The zero-order valence-corrected chi connectivity index (χ0v) is 16.9. The number of ether oxygens (including phenoxy) is 3. The molecular formula is C18H31LiO7. The summed E-state index contributed by atoms with van der Waals surface area (Å²) in [5.74, 6) is 5.32. The van der Waals surface area contributed by atoms with E-state index in [4.69, 9.17) is 25.9 Å². The molecule has 0 spiro atoms. The van der Waals surface area contributed by atoms with Gasteiger partial charge in [0.15, 0.2) is 0 Å². The molecule has 0 aromatic carbocycles. The Labute approximate surface area is 170 Å². The van der Waals surface area contributed by atoms with Gasteiger partial charge in [0.2, 0.25) is 0 Å². The van der Waals surface area contributed by atoms with Gasteiger partial charge in [-0.25, -0.2) is 4.79 Å². The number of terminal acetylenes is 1. The first-order chi connectivity index (χ1) is 11.9. The van der Waals surface area contributed by atoms with E-state index in [2.05, 4.69) is 35.2 Å². The van der Waals surface area contributed by atoms with Crippen LogP contribution in [0.5, 0.6) is 0 Å². The Morgan fingerprint density at radius 2 is 1.46 bits per heavy atom. The van der Waals surface area contributed by atoms with Gasteiger partial charge in [0.05, 0.1) is 0 Å². The number of hydrogen-bond donors (Lipinski definition) is 1. The molecule has 0 bridgehead atoms. The van der Waals surface area contributed by atoms with E-state index in [1.807, 2.05) is 19.8 Å². The van der Waals surface area contributed by atoms with Gasteiger partial charge >= 0.3 is 31.0 Å². The van der Waals surface area contributed by atoms with Crippen LogP contribution in [0.15, 0.2) is 0 Å². The fraction of sp³-hybridized carbons (Fsp3) is 0.611. The summed E-state index contributed by atoms with van der Waals surface area (Å²) in [4.78, 5) is 25.9. The second-order valence-corrected chi connectivity index (χ2v) is 3.40. The zero-order valence-electron chi connectivity index (χ0n) is 16.9. The van der Waals surface area contributed by atoms with Crippen LogP contribution in [0.1, 0.15) is 33.6 Å². The number of unbranched alkanes of at least 4 members (excludes halogenated alkanes) is 1. The summed E-state index contributed by atoms with van der Waals surface area (Å²) in [7, 11) is 3.02. The van der Waals surface area contributed by atoms with E-state index >= 15 is 0 Å². The summed E-state index contributed by atoms with van der Waals surface area (Å²) in [5, 5.41) is 7.91. The van der Waals surface area contributed by atoms with Crippen LogP contribution in [-0.2, 0) is 28.6 Å². The van der Waals surface area contributed by atoms with Crippen LogP contribution >= 0.6 is 0 Å². The standard InChI is InChI=1S/C5H6O3.C4H6O.C4H10O.C4H9.CO2.Li/c1-8-4-2-3-5(6)7;1-3-4-5-2;1-3-5-4-2;1-3-4-2;2-1-3;/h4H2,1H3,(H,6,7);1H,4H2,2H3;3-4H2,1-2H3;1,3-4H2,2H3;;/q;;;-1;;+1. The average molecular weight is 366 g/mol. The van der Waals surface area contributed by atoms with Gasteiger partial charge in [0.25, 0.3) is 0 Å². The van der Waals surface area contributed by atoms with Crippen molar-refractivity contribution >= 4 is 12.1 Å². The molecule has 0 fully saturated rings. The van der Waals surface area contributed by atoms with Gasteiger partial charge < -0.3 is 26.2 Å². The summed E-state index contributed by atoms with van der Waals surface area (Å²) in [6.45, 7) is 12.0. The van der Waals surface area contributed by atoms with Crippen molar-refractivity contribution in [2.75, 3.05) is 40.6 Å². The molecule has 8 heteroatoms. The Balaban J connectivity index is -0.0000000497. The van der Waals surface area contributed by atoms with E-state index in [0.29, 0.717) is 6.61 Å². The SMILES string of the molecule is C#CCOC.CCOCC.COCC#CC(=O)O.O=C=O.[CH2-]CCC.[Li+]. The molecule has 1 N–H and O–H groups in total. The smallest absolute Gasteiger partial charge is 0.472 e. The van der Waals surface area contributed by atoms with Crippen LogP contribution in [-0.4, -0.2) is 57.9 Å². The summed E-state index contributed by atoms with van der Waals surface area (Å²) < 4.78 is 13.7. The number of carboxylic acid groups (broad SMARTS) is 1. The fourth-order valence-electron chi connectivity index (χ4n) is 0.471. The van der Waals surface area contributed by atoms with Crippen LogP contribution in [0.4, 0.5) is 0 Å². The van der Waals surface area contributed by atoms with Crippen LogP contribution in [0, 0.1) is 31.1 Å². The van der Waals surface area contributed by atoms with E-state index < -0.39 is 5.97 Å². The van der Waals surface area contributed by atoms with Crippen molar-refractivity contribution in [2.24, 2.45) is 0 Å². The Morgan fingerprint density at radius 3 is 1.58 bits per heavy atom. The molecule has 0 aromatic heterocycles. The van der Waals surface area contributed by atoms with Crippen molar-refractivity contribution in [2.45, 2.75) is 33.6 Å². The molecule has 0 amide bonds. The predicted octanol–water partition coefficient (Wildman–Crippen LogP) is -0.929. The van der Waals surface area contributed by atoms with Gasteiger partial charge in [-0.05, 0) is 13.8 Å².